The van der Waals surface area contributed by atoms with Crippen LogP contribution in [0.2, 0.25) is 0 Å². The Morgan fingerprint density at radius 2 is 2.50 bits per heavy atom. The minimum atomic E-state index is 0.627. The quantitative estimate of drug-likeness (QED) is 0.427. The van der Waals surface area contributed by atoms with E-state index in [-0.39, 0.29) is 0 Å². The fourth-order valence-electron chi connectivity index (χ4n) is 0.306. The maximum atomic E-state index is 9.73. The number of carbonyl (C=O) groups excluding carboxylic acids is 1. The molecule has 0 aliphatic heterocycles. The van der Waals surface area contributed by atoms with E-state index < -0.39 is 0 Å². The summed E-state index contributed by atoms with van der Waals surface area (Å²) in [6.45, 7) is 0.985. The molecule has 2 nitrogen and oxygen atoms in total. The smallest absolute Gasteiger partial charge is 0.129 e. The molecule has 0 saturated heterocycles. The van der Waals surface area contributed by atoms with Crippen molar-refractivity contribution in [1.29, 1.82) is 0 Å². The van der Waals surface area contributed by atoms with E-state index in [1.165, 1.54) is 0 Å². The van der Waals surface area contributed by atoms with Crippen molar-refractivity contribution in [2.24, 2.45) is 0 Å². The first-order chi connectivity index (χ1) is 3.91. The highest BCUT2D eigenvalue weighted by Crippen LogP contribution is 1.93. The fourth-order valence-corrected chi connectivity index (χ4v) is 0.917. The lowest BCUT2D eigenvalue weighted by Gasteiger charge is -1.93. The molecule has 3 heteroatoms. The van der Waals surface area contributed by atoms with Crippen LogP contribution >= 0.6 is 11.8 Å². The van der Waals surface area contributed by atoms with Crippen LogP contribution < -0.4 is 5.32 Å². The summed E-state index contributed by atoms with van der Waals surface area (Å²) >= 11 is 1.65. The average Bonchev–Trinajstić information content (AvgIpc) is 1.81. The minimum absolute atomic E-state index is 0.627. The van der Waals surface area contributed by atoms with Crippen LogP contribution in [0.15, 0.2) is 0 Å². The fraction of sp³-hybridized carbons (Fsp3) is 0.800. The van der Waals surface area contributed by atoms with Crippen LogP contribution in [0.3, 0.4) is 0 Å². The maximum absolute atomic E-state index is 9.73. The lowest BCUT2D eigenvalue weighted by Crippen LogP contribution is -2.09. The first-order valence-corrected chi connectivity index (χ1v) is 3.73. The van der Waals surface area contributed by atoms with Crippen molar-refractivity contribution in [1.82, 2.24) is 5.32 Å². The van der Waals surface area contributed by atoms with Gasteiger partial charge in [0.15, 0.2) is 0 Å². The van der Waals surface area contributed by atoms with E-state index in [0.29, 0.717) is 5.75 Å². The van der Waals surface area contributed by atoms with Gasteiger partial charge < -0.3 is 10.1 Å². The van der Waals surface area contributed by atoms with Gasteiger partial charge in [-0.25, -0.2) is 0 Å². The highest BCUT2D eigenvalue weighted by molar-refractivity contribution is 7.99. The molecule has 0 bridgehead atoms. The van der Waals surface area contributed by atoms with Gasteiger partial charge in [0.2, 0.25) is 0 Å². The SMILES string of the molecule is CNCCSCC=O. The molecule has 0 fully saturated rings. The Morgan fingerprint density at radius 1 is 1.75 bits per heavy atom. The Hall–Kier alpha value is -0.0200. The van der Waals surface area contributed by atoms with E-state index in [2.05, 4.69) is 5.32 Å². The third-order valence-corrected chi connectivity index (χ3v) is 1.55. The molecular formula is C5H11NOS. The van der Waals surface area contributed by atoms with Gasteiger partial charge in [-0.05, 0) is 7.05 Å². The molecule has 0 aliphatic carbocycles. The van der Waals surface area contributed by atoms with Crippen molar-refractivity contribution >= 4 is 18.0 Å². The van der Waals surface area contributed by atoms with Gasteiger partial charge in [0, 0.05) is 18.1 Å². The van der Waals surface area contributed by atoms with Crippen molar-refractivity contribution in [3.05, 3.63) is 0 Å². The zero-order chi connectivity index (χ0) is 6.24. The van der Waals surface area contributed by atoms with Gasteiger partial charge in [-0.3, -0.25) is 0 Å². The van der Waals surface area contributed by atoms with Crippen LogP contribution in [-0.2, 0) is 4.79 Å². The predicted octanol–water partition coefficient (Wildman–Crippen LogP) is 0.138. The first-order valence-electron chi connectivity index (χ1n) is 2.57. The molecule has 8 heavy (non-hydrogen) atoms. The van der Waals surface area contributed by atoms with Crippen LogP contribution in [0.4, 0.5) is 0 Å². The van der Waals surface area contributed by atoms with E-state index >= 15 is 0 Å². The van der Waals surface area contributed by atoms with Crippen molar-refractivity contribution in [3.63, 3.8) is 0 Å². The highest BCUT2D eigenvalue weighted by atomic mass is 32.2. The second-order valence-electron chi connectivity index (χ2n) is 1.35. The largest absolute Gasteiger partial charge is 0.319 e. The van der Waals surface area contributed by atoms with Crippen LogP contribution in [0.5, 0.6) is 0 Å². The molecule has 0 unspecified atom stereocenters. The summed E-state index contributed by atoms with van der Waals surface area (Å²) in [6.07, 6.45) is 0.931. The van der Waals surface area contributed by atoms with E-state index in [9.17, 15) is 4.79 Å². The Kier molecular flexibility index (Phi) is 6.96. The van der Waals surface area contributed by atoms with Gasteiger partial charge in [0.1, 0.15) is 6.29 Å². The van der Waals surface area contributed by atoms with Crippen molar-refractivity contribution in [2.45, 2.75) is 0 Å². The molecule has 0 aromatic rings. The summed E-state index contributed by atoms with van der Waals surface area (Å²) < 4.78 is 0. The van der Waals surface area contributed by atoms with Crippen LogP contribution in [-0.4, -0.2) is 31.4 Å². The summed E-state index contributed by atoms with van der Waals surface area (Å²) in [7, 11) is 1.90. The number of rotatable bonds is 5. The number of thioether (sulfide) groups is 1. The Balaban J connectivity index is 2.62. The lowest BCUT2D eigenvalue weighted by molar-refractivity contribution is -0.105. The van der Waals surface area contributed by atoms with E-state index in [4.69, 9.17) is 0 Å². The van der Waals surface area contributed by atoms with Gasteiger partial charge in [-0.2, -0.15) is 11.8 Å². The van der Waals surface area contributed by atoms with Crippen LogP contribution in [0.1, 0.15) is 0 Å². The molecule has 0 heterocycles. The topological polar surface area (TPSA) is 29.1 Å². The molecule has 0 spiro atoms. The summed E-state index contributed by atoms with van der Waals surface area (Å²) in [5.41, 5.74) is 0. The molecule has 0 saturated carbocycles. The van der Waals surface area contributed by atoms with E-state index in [1.54, 1.807) is 11.8 Å². The van der Waals surface area contributed by atoms with E-state index in [1.807, 2.05) is 7.05 Å². The molecular weight excluding hydrogens is 122 g/mol. The van der Waals surface area contributed by atoms with Gasteiger partial charge in [0.05, 0.1) is 0 Å². The summed E-state index contributed by atoms with van der Waals surface area (Å²) in [5.74, 6) is 1.65. The van der Waals surface area contributed by atoms with Crippen molar-refractivity contribution in [2.75, 3.05) is 25.1 Å². The van der Waals surface area contributed by atoms with Gasteiger partial charge in [-0.1, -0.05) is 0 Å². The maximum Gasteiger partial charge on any atom is 0.129 e. The number of nitrogens with one attached hydrogen (secondary N) is 1. The lowest BCUT2D eigenvalue weighted by atomic mass is 10.8. The second-order valence-corrected chi connectivity index (χ2v) is 2.49. The van der Waals surface area contributed by atoms with Gasteiger partial charge in [0.25, 0.3) is 0 Å². The van der Waals surface area contributed by atoms with Crippen molar-refractivity contribution < 1.29 is 4.79 Å². The Labute approximate surface area is 54.0 Å². The van der Waals surface area contributed by atoms with Crippen molar-refractivity contribution in [3.8, 4) is 0 Å². The number of aldehydes is 1. The zero-order valence-electron chi connectivity index (χ0n) is 5.02. The first kappa shape index (κ1) is 7.98. The van der Waals surface area contributed by atoms with E-state index in [0.717, 1.165) is 18.6 Å². The van der Waals surface area contributed by atoms with Crippen LogP contribution in [0, 0.1) is 0 Å². The summed E-state index contributed by atoms with van der Waals surface area (Å²) in [4.78, 5) is 9.73. The molecule has 0 aromatic carbocycles. The standard InChI is InChI=1S/C5H11NOS/c1-6-2-4-8-5-3-7/h3,6H,2,4-5H2,1H3. The molecule has 0 aliphatic rings. The monoisotopic (exact) mass is 133 g/mol. The summed E-state index contributed by atoms with van der Waals surface area (Å²) in [5, 5.41) is 2.99. The molecule has 0 rings (SSSR count). The Morgan fingerprint density at radius 3 is 3.00 bits per heavy atom. The molecule has 0 radical (unpaired) electrons. The number of hydrogen-bond acceptors (Lipinski definition) is 3. The molecule has 48 valence electrons. The molecule has 1 N–H and O–H groups in total. The number of carbonyl (C=O) groups is 1. The average molecular weight is 133 g/mol. The third-order valence-electron chi connectivity index (χ3n) is 0.682. The normalized spacial score (nSPS) is 9.12. The van der Waals surface area contributed by atoms with Gasteiger partial charge in [-0.15, -0.1) is 0 Å². The molecule has 0 atom stereocenters. The minimum Gasteiger partial charge on any atom is -0.319 e. The zero-order valence-corrected chi connectivity index (χ0v) is 5.83. The molecule has 0 amide bonds. The number of hydrogen-bond donors (Lipinski definition) is 1. The summed E-state index contributed by atoms with van der Waals surface area (Å²) in [6, 6.07) is 0. The molecule has 0 aromatic heterocycles. The third kappa shape index (κ3) is 5.98. The highest BCUT2D eigenvalue weighted by Gasteiger charge is 1.82. The van der Waals surface area contributed by atoms with Crippen LogP contribution in [0.25, 0.3) is 0 Å². The van der Waals surface area contributed by atoms with Gasteiger partial charge >= 0.3 is 0 Å². The second kappa shape index (κ2) is 6.98. The predicted molar refractivity (Wildman–Crippen MR) is 37.3 cm³/mol. The Bertz CT molecular complexity index is 58.4.